The smallest absolute Gasteiger partial charge is 0.339 e. The summed E-state index contributed by atoms with van der Waals surface area (Å²) in [6.07, 6.45) is 5.68. The van der Waals surface area contributed by atoms with Gasteiger partial charge in [0.15, 0.2) is 0 Å². The van der Waals surface area contributed by atoms with Gasteiger partial charge in [-0.2, -0.15) is 10.2 Å². The molecule has 0 atom stereocenters. The lowest BCUT2D eigenvalue weighted by Crippen LogP contribution is -1.97. The molecule has 4 aromatic heterocycles. The molecule has 1 aliphatic rings. The third kappa shape index (κ3) is 2.46. The van der Waals surface area contributed by atoms with Gasteiger partial charge in [0.25, 0.3) is 0 Å². The number of furan rings is 1. The van der Waals surface area contributed by atoms with Crippen LogP contribution >= 0.6 is 0 Å². The lowest BCUT2D eigenvalue weighted by Gasteiger charge is -2.03. The van der Waals surface area contributed by atoms with Crippen LogP contribution in [0.15, 0.2) is 35.0 Å². The van der Waals surface area contributed by atoms with E-state index in [4.69, 9.17) is 4.42 Å². The van der Waals surface area contributed by atoms with Crippen molar-refractivity contribution in [3.8, 4) is 22.5 Å². The first-order valence-electron chi connectivity index (χ1n) is 9.29. The zero-order valence-corrected chi connectivity index (χ0v) is 15.9. The molecule has 0 saturated heterocycles. The Morgan fingerprint density at radius 2 is 2.07 bits per heavy atom. The Hall–Kier alpha value is -3.35. The number of carboxylic acid groups (broad SMARTS) is 1. The third-order valence-electron chi connectivity index (χ3n) is 5.52. The molecule has 0 aliphatic heterocycles. The van der Waals surface area contributed by atoms with E-state index in [9.17, 15) is 9.90 Å². The second kappa shape index (κ2) is 5.82. The van der Waals surface area contributed by atoms with Gasteiger partial charge >= 0.3 is 5.97 Å². The molecular formula is C21H20N4O3. The molecule has 142 valence electrons. The van der Waals surface area contributed by atoms with Gasteiger partial charge in [0.05, 0.1) is 17.4 Å². The van der Waals surface area contributed by atoms with Gasteiger partial charge < -0.3 is 9.52 Å². The van der Waals surface area contributed by atoms with Gasteiger partial charge in [0.2, 0.25) is 0 Å². The monoisotopic (exact) mass is 376 g/mol. The van der Waals surface area contributed by atoms with Gasteiger partial charge in [-0.05, 0) is 44.9 Å². The number of hydrogen-bond acceptors (Lipinski definition) is 4. The van der Waals surface area contributed by atoms with Crippen LogP contribution in [0.4, 0.5) is 0 Å². The Labute approximate surface area is 161 Å². The van der Waals surface area contributed by atoms with Gasteiger partial charge in [-0.1, -0.05) is 0 Å². The minimum Gasteiger partial charge on any atom is -0.478 e. The van der Waals surface area contributed by atoms with E-state index < -0.39 is 5.97 Å². The van der Waals surface area contributed by atoms with E-state index in [1.54, 1.807) is 6.07 Å². The molecule has 28 heavy (non-hydrogen) atoms. The second-order valence-corrected chi connectivity index (χ2v) is 7.44. The summed E-state index contributed by atoms with van der Waals surface area (Å²) in [5.74, 6) is 0.461. The average Bonchev–Trinajstić information content (AvgIpc) is 3.18. The predicted octanol–water partition coefficient (Wildman–Crippen LogP) is 4.19. The highest BCUT2D eigenvalue weighted by Crippen LogP contribution is 2.44. The first-order chi connectivity index (χ1) is 13.4. The molecule has 1 fully saturated rings. The molecule has 4 aromatic rings. The van der Waals surface area contributed by atoms with Gasteiger partial charge in [0.1, 0.15) is 17.1 Å². The second-order valence-electron chi connectivity index (χ2n) is 7.44. The molecule has 7 nitrogen and oxygen atoms in total. The zero-order chi connectivity index (χ0) is 19.6. The molecule has 1 aliphatic carbocycles. The summed E-state index contributed by atoms with van der Waals surface area (Å²) in [4.78, 5) is 11.6. The number of hydrogen-bond donors (Lipinski definition) is 1. The average molecular weight is 376 g/mol. The molecule has 0 aromatic carbocycles. The molecule has 5 rings (SSSR count). The van der Waals surface area contributed by atoms with Crippen LogP contribution < -0.4 is 0 Å². The lowest BCUT2D eigenvalue weighted by atomic mass is 10.0. The van der Waals surface area contributed by atoms with Crippen LogP contribution in [-0.4, -0.2) is 30.5 Å². The topological polar surface area (TPSA) is 85.6 Å². The van der Waals surface area contributed by atoms with Crippen LogP contribution in [0.5, 0.6) is 0 Å². The molecule has 0 radical (unpaired) electrons. The van der Waals surface area contributed by atoms with Gasteiger partial charge in [-0.3, -0.25) is 4.68 Å². The van der Waals surface area contributed by atoms with Crippen LogP contribution in [0.3, 0.4) is 0 Å². The van der Waals surface area contributed by atoms with Crippen molar-refractivity contribution in [2.45, 2.75) is 32.6 Å². The number of pyridine rings is 1. The fraction of sp³-hybridized carbons (Fsp3) is 0.286. The number of aryl methyl sites for hydroxylation is 2. The van der Waals surface area contributed by atoms with E-state index in [1.807, 2.05) is 54.6 Å². The van der Waals surface area contributed by atoms with Gasteiger partial charge in [-0.15, -0.1) is 0 Å². The summed E-state index contributed by atoms with van der Waals surface area (Å²) in [6, 6.07) is 5.53. The van der Waals surface area contributed by atoms with E-state index in [1.165, 1.54) is 0 Å². The normalized spacial score (nSPS) is 14.1. The number of nitrogens with zero attached hydrogens (tertiary/aromatic N) is 4. The Morgan fingerprint density at radius 3 is 2.71 bits per heavy atom. The fourth-order valence-electron chi connectivity index (χ4n) is 3.85. The molecule has 1 N–H and O–H groups in total. The standard InChI is InChI=1S/C21H20N4O3/c1-11-19(12(2)24(3)23-11)16-10-22-25-7-6-14(8-17(16)25)18-9-15(21(26)27)20(28-18)13-4-5-13/h6-10,13H,4-5H2,1-3H3,(H,26,27). The van der Waals surface area contributed by atoms with Crippen molar-refractivity contribution in [2.75, 3.05) is 0 Å². The largest absolute Gasteiger partial charge is 0.478 e. The van der Waals surface area contributed by atoms with E-state index in [-0.39, 0.29) is 11.5 Å². The Kier molecular flexibility index (Phi) is 3.49. The molecular weight excluding hydrogens is 356 g/mol. The van der Waals surface area contributed by atoms with Crippen LogP contribution in [0.1, 0.15) is 46.3 Å². The van der Waals surface area contributed by atoms with Crippen LogP contribution in [0.2, 0.25) is 0 Å². The molecule has 0 spiro atoms. The maximum atomic E-state index is 11.6. The van der Waals surface area contributed by atoms with Crippen molar-refractivity contribution < 1.29 is 14.3 Å². The first-order valence-corrected chi connectivity index (χ1v) is 9.29. The van der Waals surface area contributed by atoms with E-state index in [2.05, 4.69) is 10.2 Å². The minimum absolute atomic E-state index is 0.231. The summed E-state index contributed by atoms with van der Waals surface area (Å²) in [5.41, 5.74) is 6.12. The number of aromatic nitrogens is 4. The maximum Gasteiger partial charge on any atom is 0.339 e. The van der Waals surface area contributed by atoms with Crippen molar-refractivity contribution in [3.63, 3.8) is 0 Å². The lowest BCUT2D eigenvalue weighted by molar-refractivity contribution is 0.0694. The zero-order valence-electron chi connectivity index (χ0n) is 15.9. The Balaban J connectivity index is 1.67. The Morgan fingerprint density at radius 1 is 1.29 bits per heavy atom. The third-order valence-corrected chi connectivity index (χ3v) is 5.52. The molecule has 7 heteroatoms. The predicted molar refractivity (Wildman–Crippen MR) is 104 cm³/mol. The number of carboxylic acids is 1. The summed E-state index contributed by atoms with van der Waals surface area (Å²) < 4.78 is 9.66. The Bertz CT molecular complexity index is 1240. The van der Waals surface area contributed by atoms with Crippen molar-refractivity contribution >= 4 is 11.5 Å². The molecule has 0 amide bonds. The summed E-state index contributed by atoms with van der Waals surface area (Å²) in [6.45, 7) is 4.03. The van der Waals surface area contributed by atoms with E-state index >= 15 is 0 Å². The number of aromatic carboxylic acids is 1. The van der Waals surface area contributed by atoms with Crippen molar-refractivity contribution in [3.05, 3.63) is 53.3 Å². The summed E-state index contributed by atoms with van der Waals surface area (Å²) >= 11 is 0. The van der Waals surface area contributed by atoms with Crippen LogP contribution in [0, 0.1) is 13.8 Å². The van der Waals surface area contributed by atoms with Gasteiger partial charge in [0, 0.05) is 41.5 Å². The fourth-order valence-corrected chi connectivity index (χ4v) is 3.85. The molecule has 4 heterocycles. The van der Waals surface area contributed by atoms with E-state index in [0.29, 0.717) is 11.5 Å². The van der Waals surface area contributed by atoms with E-state index in [0.717, 1.165) is 46.4 Å². The highest BCUT2D eigenvalue weighted by Gasteiger charge is 2.32. The van der Waals surface area contributed by atoms with Crippen molar-refractivity contribution in [1.29, 1.82) is 0 Å². The van der Waals surface area contributed by atoms with Gasteiger partial charge in [-0.25, -0.2) is 9.31 Å². The van der Waals surface area contributed by atoms with Crippen LogP contribution in [0.25, 0.3) is 28.0 Å². The molecule has 0 bridgehead atoms. The SMILES string of the molecule is Cc1nn(C)c(C)c1-c1cnn2ccc(-c3cc(C(=O)O)c(C4CC4)o3)cc12. The minimum atomic E-state index is -0.940. The van der Waals surface area contributed by atoms with Crippen molar-refractivity contribution in [1.82, 2.24) is 19.4 Å². The number of rotatable bonds is 4. The highest BCUT2D eigenvalue weighted by atomic mass is 16.4. The molecule has 1 saturated carbocycles. The maximum absolute atomic E-state index is 11.6. The summed E-state index contributed by atoms with van der Waals surface area (Å²) in [7, 11) is 1.93. The quantitative estimate of drug-likeness (QED) is 0.577. The number of fused-ring (bicyclic) bond motifs is 1. The molecule has 0 unspecified atom stereocenters. The highest BCUT2D eigenvalue weighted by molar-refractivity contribution is 5.91. The van der Waals surface area contributed by atoms with Crippen molar-refractivity contribution in [2.24, 2.45) is 7.05 Å². The first kappa shape index (κ1) is 16.8. The van der Waals surface area contributed by atoms with Crippen LogP contribution in [-0.2, 0) is 7.05 Å². The summed E-state index contributed by atoms with van der Waals surface area (Å²) in [5, 5.41) is 18.5. The number of carbonyl (C=O) groups is 1.